The maximum atomic E-state index is 11.9. The first-order valence-corrected chi connectivity index (χ1v) is 8.37. The maximum Gasteiger partial charge on any atom is 0.325 e. The van der Waals surface area contributed by atoms with Gasteiger partial charge >= 0.3 is 5.97 Å². The molecule has 4 nitrogen and oxygen atoms in total. The van der Waals surface area contributed by atoms with E-state index in [2.05, 4.69) is 17.1 Å². The van der Waals surface area contributed by atoms with Crippen LogP contribution < -0.4 is 5.32 Å². The first-order valence-electron chi connectivity index (χ1n) is 8.37. The van der Waals surface area contributed by atoms with Crippen LogP contribution in [0.1, 0.15) is 64.7 Å². The van der Waals surface area contributed by atoms with E-state index >= 15 is 0 Å². The highest BCUT2D eigenvalue weighted by molar-refractivity contribution is 5.80. The molecule has 3 rings (SSSR count). The molecule has 3 aliphatic rings. The number of likely N-dealkylation sites (tertiary alicyclic amines) is 1. The summed E-state index contributed by atoms with van der Waals surface area (Å²) in [6, 6.07) is 1.46. The van der Waals surface area contributed by atoms with Gasteiger partial charge in [-0.3, -0.25) is 15.0 Å². The van der Waals surface area contributed by atoms with Crippen LogP contribution in [-0.2, 0) is 4.79 Å². The lowest BCUT2D eigenvalue weighted by Crippen LogP contribution is -2.57. The summed E-state index contributed by atoms with van der Waals surface area (Å²) >= 11 is 0. The summed E-state index contributed by atoms with van der Waals surface area (Å²) in [5.74, 6) is -0.642. The van der Waals surface area contributed by atoms with Gasteiger partial charge in [0.05, 0.1) is 0 Å². The van der Waals surface area contributed by atoms with Crippen molar-refractivity contribution in [3.63, 3.8) is 0 Å². The molecule has 1 aliphatic heterocycles. The monoisotopic (exact) mass is 280 g/mol. The standard InChI is InChI=1S/C16H28N2O2/c1-12-10-16(15(19)20,11-18(12)14-8-9-14)17-13-6-4-2-3-5-7-13/h12-14,17H,2-11H2,1H3,(H,19,20). The van der Waals surface area contributed by atoms with Crippen molar-refractivity contribution in [1.82, 2.24) is 10.2 Å². The molecule has 1 saturated heterocycles. The first kappa shape index (κ1) is 14.3. The second kappa shape index (κ2) is 5.64. The molecule has 2 unspecified atom stereocenters. The number of hydrogen-bond acceptors (Lipinski definition) is 3. The number of carbonyl (C=O) groups is 1. The molecule has 1 heterocycles. The van der Waals surface area contributed by atoms with E-state index in [1.54, 1.807) is 0 Å². The molecule has 0 bridgehead atoms. The molecule has 0 amide bonds. The summed E-state index contributed by atoms with van der Waals surface area (Å²) in [6.45, 7) is 2.89. The highest BCUT2D eigenvalue weighted by Gasteiger charge is 2.52. The van der Waals surface area contributed by atoms with Crippen molar-refractivity contribution in [2.45, 2.75) is 88.4 Å². The number of nitrogens with zero attached hydrogens (tertiary/aromatic N) is 1. The van der Waals surface area contributed by atoms with E-state index < -0.39 is 11.5 Å². The lowest BCUT2D eigenvalue weighted by molar-refractivity contribution is -0.144. The third-order valence-corrected chi connectivity index (χ3v) is 5.42. The van der Waals surface area contributed by atoms with E-state index in [-0.39, 0.29) is 0 Å². The average molecular weight is 280 g/mol. The molecule has 114 valence electrons. The van der Waals surface area contributed by atoms with Crippen molar-refractivity contribution >= 4 is 5.97 Å². The van der Waals surface area contributed by atoms with Crippen LogP contribution in [0.5, 0.6) is 0 Å². The zero-order chi connectivity index (χ0) is 14.2. The predicted octanol–water partition coefficient (Wildman–Crippen LogP) is 2.38. The minimum atomic E-state index is -0.697. The quantitative estimate of drug-likeness (QED) is 0.776. The molecule has 0 radical (unpaired) electrons. The maximum absolute atomic E-state index is 11.9. The molecule has 2 atom stereocenters. The highest BCUT2D eigenvalue weighted by atomic mass is 16.4. The minimum absolute atomic E-state index is 0.400. The molecule has 20 heavy (non-hydrogen) atoms. The van der Waals surface area contributed by atoms with Crippen molar-refractivity contribution in [3.05, 3.63) is 0 Å². The van der Waals surface area contributed by atoms with Gasteiger partial charge in [0.1, 0.15) is 5.54 Å². The Hall–Kier alpha value is -0.610. The fourth-order valence-corrected chi connectivity index (χ4v) is 4.18. The Bertz CT molecular complexity index is 361. The van der Waals surface area contributed by atoms with Crippen molar-refractivity contribution in [1.29, 1.82) is 0 Å². The van der Waals surface area contributed by atoms with Gasteiger partial charge in [-0.05, 0) is 39.0 Å². The number of carboxylic acid groups (broad SMARTS) is 1. The van der Waals surface area contributed by atoms with Crippen LogP contribution in [-0.4, -0.2) is 46.2 Å². The Balaban J connectivity index is 1.69. The fourth-order valence-electron chi connectivity index (χ4n) is 4.18. The summed E-state index contributed by atoms with van der Waals surface area (Å²) in [4.78, 5) is 14.4. The summed E-state index contributed by atoms with van der Waals surface area (Å²) in [7, 11) is 0. The van der Waals surface area contributed by atoms with Crippen LogP contribution in [0.3, 0.4) is 0 Å². The average Bonchev–Trinajstić information content (AvgIpc) is 3.19. The Morgan fingerprint density at radius 2 is 1.80 bits per heavy atom. The second-order valence-electron chi connectivity index (χ2n) is 7.18. The molecule has 0 aromatic rings. The van der Waals surface area contributed by atoms with Crippen LogP contribution in [0, 0.1) is 0 Å². The van der Waals surface area contributed by atoms with E-state index in [9.17, 15) is 9.90 Å². The Labute approximate surface area is 121 Å². The number of rotatable bonds is 4. The fraction of sp³-hybridized carbons (Fsp3) is 0.938. The number of hydrogen-bond donors (Lipinski definition) is 2. The van der Waals surface area contributed by atoms with E-state index in [1.165, 1.54) is 38.5 Å². The number of nitrogens with one attached hydrogen (secondary N) is 1. The summed E-state index contributed by atoms with van der Waals surface area (Å²) < 4.78 is 0. The van der Waals surface area contributed by atoms with Crippen LogP contribution in [0.15, 0.2) is 0 Å². The Morgan fingerprint density at radius 3 is 2.35 bits per heavy atom. The minimum Gasteiger partial charge on any atom is -0.480 e. The molecule has 0 aromatic heterocycles. The van der Waals surface area contributed by atoms with E-state index in [0.29, 0.717) is 24.7 Å². The van der Waals surface area contributed by atoms with Gasteiger partial charge in [0.25, 0.3) is 0 Å². The van der Waals surface area contributed by atoms with Crippen molar-refractivity contribution < 1.29 is 9.90 Å². The molecule has 2 saturated carbocycles. The molecule has 3 fully saturated rings. The molecule has 0 spiro atoms. The van der Waals surface area contributed by atoms with Crippen molar-refractivity contribution in [2.75, 3.05) is 6.54 Å². The second-order valence-corrected chi connectivity index (χ2v) is 7.18. The van der Waals surface area contributed by atoms with E-state index in [4.69, 9.17) is 0 Å². The van der Waals surface area contributed by atoms with E-state index in [1.807, 2.05) is 0 Å². The zero-order valence-corrected chi connectivity index (χ0v) is 12.6. The normalized spacial score (nSPS) is 37.0. The van der Waals surface area contributed by atoms with E-state index in [0.717, 1.165) is 19.3 Å². The summed E-state index contributed by atoms with van der Waals surface area (Å²) in [5.41, 5.74) is -0.697. The van der Waals surface area contributed by atoms with Gasteiger partial charge < -0.3 is 5.11 Å². The van der Waals surface area contributed by atoms with Crippen LogP contribution in [0.4, 0.5) is 0 Å². The number of aliphatic carboxylic acids is 1. The number of carboxylic acids is 1. The lowest BCUT2D eigenvalue weighted by atomic mass is 9.93. The van der Waals surface area contributed by atoms with Gasteiger partial charge in [0, 0.05) is 24.7 Å². The van der Waals surface area contributed by atoms with Crippen molar-refractivity contribution in [2.24, 2.45) is 0 Å². The SMILES string of the molecule is CC1CC(NC2CCCCCC2)(C(=O)O)CN1C1CC1. The zero-order valence-electron chi connectivity index (χ0n) is 12.6. The molecule has 4 heteroatoms. The van der Waals surface area contributed by atoms with Gasteiger partial charge in [-0.2, -0.15) is 0 Å². The predicted molar refractivity (Wildman–Crippen MR) is 78.8 cm³/mol. The van der Waals surface area contributed by atoms with Crippen LogP contribution in [0.2, 0.25) is 0 Å². The Kier molecular flexibility index (Phi) is 4.04. The smallest absolute Gasteiger partial charge is 0.325 e. The molecule has 2 aliphatic carbocycles. The summed E-state index contributed by atoms with van der Waals surface area (Å²) in [6.07, 6.45) is 10.7. The van der Waals surface area contributed by atoms with Gasteiger partial charge in [0.15, 0.2) is 0 Å². The first-order chi connectivity index (χ1) is 9.61. The van der Waals surface area contributed by atoms with Gasteiger partial charge in [0.2, 0.25) is 0 Å². The highest BCUT2D eigenvalue weighted by Crippen LogP contribution is 2.38. The topological polar surface area (TPSA) is 52.6 Å². The molecular weight excluding hydrogens is 252 g/mol. The van der Waals surface area contributed by atoms with Crippen LogP contribution in [0.25, 0.3) is 0 Å². The van der Waals surface area contributed by atoms with Gasteiger partial charge in [-0.15, -0.1) is 0 Å². The largest absolute Gasteiger partial charge is 0.480 e. The van der Waals surface area contributed by atoms with Crippen LogP contribution >= 0.6 is 0 Å². The third-order valence-electron chi connectivity index (χ3n) is 5.42. The molecular formula is C16H28N2O2. The van der Waals surface area contributed by atoms with Gasteiger partial charge in [-0.1, -0.05) is 25.7 Å². The van der Waals surface area contributed by atoms with Gasteiger partial charge in [-0.25, -0.2) is 0 Å². The molecule has 0 aromatic carbocycles. The van der Waals surface area contributed by atoms with Crippen molar-refractivity contribution in [3.8, 4) is 0 Å². The lowest BCUT2D eigenvalue weighted by Gasteiger charge is -2.31. The summed E-state index contributed by atoms with van der Waals surface area (Å²) in [5, 5.41) is 13.4. The third kappa shape index (κ3) is 2.86. The molecule has 2 N–H and O–H groups in total. The Morgan fingerprint density at radius 1 is 1.15 bits per heavy atom.